The molecule has 9 heteroatoms. The molecule has 0 unspecified atom stereocenters. The summed E-state index contributed by atoms with van der Waals surface area (Å²) in [7, 11) is -3.83. The van der Waals surface area contributed by atoms with E-state index in [2.05, 4.69) is 10.6 Å². The fraction of sp³-hybridized carbons (Fsp3) is 0.368. The largest absolute Gasteiger partial charge is 0.468 e. The van der Waals surface area contributed by atoms with Gasteiger partial charge in [0.05, 0.1) is 17.3 Å². The lowest BCUT2D eigenvalue weighted by atomic mass is 10.2. The third-order valence-electron chi connectivity index (χ3n) is 4.48. The molecule has 28 heavy (non-hydrogen) atoms. The van der Waals surface area contributed by atoms with Crippen LogP contribution in [0.4, 0.5) is 0 Å². The molecule has 150 valence electrons. The van der Waals surface area contributed by atoms with E-state index in [1.54, 1.807) is 24.3 Å². The molecule has 0 radical (unpaired) electrons. The summed E-state index contributed by atoms with van der Waals surface area (Å²) < 4.78 is 36.6. The van der Waals surface area contributed by atoms with Gasteiger partial charge >= 0.3 is 11.8 Å². The molecule has 0 aliphatic carbocycles. The van der Waals surface area contributed by atoms with E-state index < -0.39 is 26.9 Å². The average molecular weight is 406 g/mol. The average Bonchev–Trinajstić information content (AvgIpc) is 3.41. The topological polar surface area (TPSA) is 115 Å². The Morgan fingerprint density at radius 2 is 1.82 bits per heavy atom. The SMILES string of the molecule is O=C(NC[C@@H]1CCCO1)C(=O)NC[C@@H](c1ccco1)S(=O)(=O)c1ccccc1. The second kappa shape index (κ2) is 9.03. The zero-order valence-corrected chi connectivity index (χ0v) is 16.0. The molecule has 2 atom stereocenters. The number of furan rings is 1. The smallest absolute Gasteiger partial charge is 0.309 e. The highest BCUT2D eigenvalue weighted by atomic mass is 32.2. The molecule has 1 aliphatic heterocycles. The molecule has 2 heterocycles. The van der Waals surface area contributed by atoms with Crippen LogP contribution in [0.3, 0.4) is 0 Å². The maximum absolute atomic E-state index is 13.0. The quantitative estimate of drug-likeness (QED) is 0.668. The highest BCUT2D eigenvalue weighted by Crippen LogP contribution is 2.28. The van der Waals surface area contributed by atoms with Gasteiger partial charge in [-0.1, -0.05) is 18.2 Å². The molecule has 1 aliphatic rings. The first-order valence-electron chi connectivity index (χ1n) is 8.98. The first kappa shape index (κ1) is 20.1. The van der Waals surface area contributed by atoms with Gasteiger partial charge in [-0.15, -0.1) is 0 Å². The number of benzene rings is 1. The molecular weight excluding hydrogens is 384 g/mol. The van der Waals surface area contributed by atoms with E-state index in [-0.39, 0.29) is 29.8 Å². The van der Waals surface area contributed by atoms with Gasteiger partial charge in [0.25, 0.3) is 0 Å². The predicted octanol–water partition coefficient (Wildman–Crippen LogP) is 1.21. The lowest BCUT2D eigenvalue weighted by molar-refractivity contribution is -0.139. The molecule has 8 nitrogen and oxygen atoms in total. The van der Waals surface area contributed by atoms with E-state index in [4.69, 9.17) is 9.15 Å². The van der Waals surface area contributed by atoms with Crippen molar-refractivity contribution in [2.75, 3.05) is 19.7 Å². The van der Waals surface area contributed by atoms with Gasteiger partial charge in [-0.2, -0.15) is 0 Å². The van der Waals surface area contributed by atoms with Crippen LogP contribution < -0.4 is 10.6 Å². The summed E-state index contributed by atoms with van der Waals surface area (Å²) >= 11 is 0. The summed E-state index contributed by atoms with van der Waals surface area (Å²) in [5.41, 5.74) is 0. The molecule has 2 aromatic rings. The normalized spacial score (nSPS) is 17.8. The number of hydrogen-bond acceptors (Lipinski definition) is 6. The predicted molar refractivity (Wildman–Crippen MR) is 100 cm³/mol. The minimum Gasteiger partial charge on any atom is -0.468 e. The number of ether oxygens (including phenoxy) is 1. The van der Waals surface area contributed by atoms with Crippen molar-refractivity contribution in [1.29, 1.82) is 0 Å². The van der Waals surface area contributed by atoms with Gasteiger partial charge in [-0.25, -0.2) is 8.42 Å². The van der Waals surface area contributed by atoms with Crippen molar-refractivity contribution < 1.29 is 27.2 Å². The monoisotopic (exact) mass is 406 g/mol. The number of nitrogens with one attached hydrogen (secondary N) is 2. The van der Waals surface area contributed by atoms with Crippen LogP contribution in [0.15, 0.2) is 58.0 Å². The first-order chi connectivity index (χ1) is 13.5. The summed E-state index contributed by atoms with van der Waals surface area (Å²) in [5.74, 6) is -1.55. The summed E-state index contributed by atoms with van der Waals surface area (Å²) in [6.07, 6.45) is 3.03. The third-order valence-corrected chi connectivity index (χ3v) is 6.55. The van der Waals surface area contributed by atoms with E-state index in [1.165, 1.54) is 24.5 Å². The fourth-order valence-electron chi connectivity index (χ4n) is 2.97. The molecule has 1 aromatic heterocycles. The van der Waals surface area contributed by atoms with Gasteiger partial charge in [-0.05, 0) is 37.1 Å². The van der Waals surface area contributed by atoms with E-state index in [9.17, 15) is 18.0 Å². The Kier molecular flexibility index (Phi) is 6.48. The summed E-state index contributed by atoms with van der Waals surface area (Å²) in [5, 5.41) is 3.74. The van der Waals surface area contributed by atoms with Crippen LogP contribution in [0.5, 0.6) is 0 Å². The van der Waals surface area contributed by atoms with Gasteiger partial charge in [-0.3, -0.25) is 9.59 Å². The molecule has 2 N–H and O–H groups in total. The second-order valence-electron chi connectivity index (χ2n) is 6.42. The summed E-state index contributed by atoms with van der Waals surface area (Å²) in [6, 6.07) is 11.0. The van der Waals surface area contributed by atoms with Crippen LogP contribution in [-0.2, 0) is 24.2 Å². The number of rotatable bonds is 7. The Labute approximate surface area is 163 Å². The van der Waals surface area contributed by atoms with Crippen molar-refractivity contribution in [3.05, 3.63) is 54.5 Å². The van der Waals surface area contributed by atoms with E-state index in [0.29, 0.717) is 6.61 Å². The summed E-state index contributed by atoms with van der Waals surface area (Å²) in [4.78, 5) is 24.2. The second-order valence-corrected chi connectivity index (χ2v) is 8.55. The van der Waals surface area contributed by atoms with Gasteiger partial charge in [0.2, 0.25) is 0 Å². The Balaban J connectivity index is 1.65. The van der Waals surface area contributed by atoms with E-state index in [0.717, 1.165) is 12.8 Å². The molecule has 0 bridgehead atoms. The van der Waals surface area contributed by atoms with Crippen LogP contribution in [-0.4, -0.2) is 46.0 Å². The fourth-order valence-corrected chi connectivity index (χ4v) is 4.58. The van der Waals surface area contributed by atoms with Crippen LogP contribution in [0.1, 0.15) is 23.9 Å². The standard InChI is InChI=1S/C19H22N2O6S/c22-18(20-12-14-6-4-10-26-14)19(23)21-13-17(16-9-5-11-27-16)28(24,25)15-7-2-1-3-8-15/h1-3,5,7-9,11,14,17H,4,6,10,12-13H2,(H,20,22)(H,21,23)/t14-,17-/m0/s1. The molecule has 1 aromatic carbocycles. The van der Waals surface area contributed by atoms with Crippen molar-refractivity contribution in [2.45, 2.75) is 29.1 Å². The Morgan fingerprint density at radius 3 is 2.46 bits per heavy atom. The first-order valence-corrected chi connectivity index (χ1v) is 10.5. The molecule has 0 saturated carbocycles. The Hall–Kier alpha value is -2.65. The Bertz CT molecular complexity index is 890. The number of hydrogen-bond donors (Lipinski definition) is 2. The van der Waals surface area contributed by atoms with Crippen molar-refractivity contribution in [3.8, 4) is 0 Å². The highest BCUT2D eigenvalue weighted by Gasteiger charge is 2.32. The Morgan fingerprint density at radius 1 is 1.07 bits per heavy atom. The molecule has 1 fully saturated rings. The van der Waals surface area contributed by atoms with Gasteiger partial charge in [0.1, 0.15) is 11.0 Å². The maximum atomic E-state index is 13.0. The van der Waals surface area contributed by atoms with Crippen molar-refractivity contribution >= 4 is 21.7 Å². The van der Waals surface area contributed by atoms with Crippen LogP contribution in [0, 0.1) is 0 Å². The molecular formula is C19H22N2O6S. The van der Waals surface area contributed by atoms with Crippen molar-refractivity contribution in [1.82, 2.24) is 10.6 Å². The van der Waals surface area contributed by atoms with Gasteiger partial charge in [0.15, 0.2) is 9.84 Å². The van der Waals surface area contributed by atoms with Crippen LogP contribution >= 0.6 is 0 Å². The highest BCUT2D eigenvalue weighted by molar-refractivity contribution is 7.91. The number of carbonyl (C=O) groups excluding carboxylic acids is 2. The van der Waals surface area contributed by atoms with E-state index in [1.807, 2.05) is 0 Å². The van der Waals surface area contributed by atoms with Crippen molar-refractivity contribution in [3.63, 3.8) is 0 Å². The van der Waals surface area contributed by atoms with Crippen molar-refractivity contribution in [2.24, 2.45) is 0 Å². The molecule has 3 rings (SSSR count). The third kappa shape index (κ3) is 4.79. The van der Waals surface area contributed by atoms with Crippen LogP contribution in [0.25, 0.3) is 0 Å². The maximum Gasteiger partial charge on any atom is 0.309 e. The lowest BCUT2D eigenvalue weighted by Gasteiger charge is -2.17. The number of amides is 2. The minimum absolute atomic E-state index is 0.0916. The minimum atomic E-state index is -3.83. The van der Waals surface area contributed by atoms with Crippen LogP contribution in [0.2, 0.25) is 0 Å². The molecule has 0 spiro atoms. The summed E-state index contributed by atoms with van der Waals surface area (Å²) in [6.45, 7) is 0.599. The molecule has 2 amide bonds. The lowest BCUT2D eigenvalue weighted by Crippen LogP contribution is -2.44. The van der Waals surface area contributed by atoms with E-state index >= 15 is 0 Å². The van der Waals surface area contributed by atoms with Gasteiger partial charge < -0.3 is 19.8 Å². The zero-order valence-electron chi connectivity index (χ0n) is 15.2. The molecule has 1 saturated heterocycles. The van der Waals surface area contributed by atoms with Gasteiger partial charge in [0, 0.05) is 19.7 Å². The zero-order chi connectivity index (χ0) is 20.0. The number of carbonyl (C=O) groups is 2. The number of sulfone groups is 1.